The summed E-state index contributed by atoms with van der Waals surface area (Å²) in [5, 5.41) is 0. The molecule has 0 radical (unpaired) electrons. The van der Waals surface area contributed by atoms with Crippen molar-refractivity contribution in [2.45, 2.75) is 26.3 Å². The minimum atomic E-state index is -0.596. The monoisotopic (exact) mass is 468 g/mol. The van der Waals surface area contributed by atoms with Gasteiger partial charge in [-0.3, -0.25) is 24.1 Å². The normalized spacial score (nSPS) is 12.4. The van der Waals surface area contributed by atoms with E-state index in [-0.39, 0.29) is 35.7 Å². The molecule has 0 bridgehead atoms. The Balaban J connectivity index is 1.91. The zero-order valence-electron chi connectivity index (χ0n) is 19.8. The average Bonchev–Trinajstić information content (AvgIpc) is 3.09. The molecule has 9 nitrogen and oxygen atoms in total. The van der Waals surface area contributed by atoms with E-state index in [4.69, 9.17) is 14.2 Å². The minimum Gasteiger partial charge on any atom is -0.497 e. The number of esters is 1. The lowest BCUT2D eigenvalue weighted by Crippen LogP contribution is -2.36. The summed E-state index contributed by atoms with van der Waals surface area (Å²) in [6, 6.07) is 9.56. The summed E-state index contributed by atoms with van der Waals surface area (Å²) in [6.45, 7) is 2.07. The fraction of sp³-hybridized carbons (Fsp3) is 0.360. The zero-order chi connectivity index (χ0) is 24.8. The van der Waals surface area contributed by atoms with E-state index < -0.39 is 17.8 Å². The second kappa shape index (κ2) is 10.8. The molecule has 0 spiro atoms. The van der Waals surface area contributed by atoms with Gasteiger partial charge in [-0.05, 0) is 42.3 Å². The van der Waals surface area contributed by atoms with Gasteiger partial charge in [-0.15, -0.1) is 0 Å². The van der Waals surface area contributed by atoms with Crippen molar-refractivity contribution in [2.75, 3.05) is 34.4 Å². The molecule has 1 aliphatic heterocycles. The second-order valence-electron chi connectivity index (χ2n) is 7.83. The fourth-order valence-corrected chi connectivity index (χ4v) is 3.72. The van der Waals surface area contributed by atoms with E-state index in [2.05, 4.69) is 0 Å². The molecule has 1 heterocycles. The number of rotatable bonds is 10. The topological polar surface area (TPSA) is 102 Å². The summed E-state index contributed by atoms with van der Waals surface area (Å²) in [7, 11) is 4.27. The highest BCUT2D eigenvalue weighted by Gasteiger charge is 2.36. The van der Waals surface area contributed by atoms with Gasteiger partial charge in [0, 0.05) is 24.7 Å². The van der Waals surface area contributed by atoms with E-state index in [9.17, 15) is 19.2 Å². The van der Waals surface area contributed by atoms with Crippen LogP contribution in [-0.4, -0.2) is 67.9 Å². The molecule has 3 amide bonds. The third-order valence-electron chi connectivity index (χ3n) is 5.57. The summed E-state index contributed by atoms with van der Waals surface area (Å²) in [5.41, 5.74) is 1.32. The third kappa shape index (κ3) is 5.19. The molecule has 34 heavy (non-hydrogen) atoms. The van der Waals surface area contributed by atoms with Gasteiger partial charge in [-0.1, -0.05) is 13.3 Å². The van der Waals surface area contributed by atoms with Crippen LogP contribution in [0, 0.1) is 0 Å². The lowest BCUT2D eigenvalue weighted by atomic mass is 10.0. The lowest BCUT2D eigenvalue weighted by molar-refractivity contribution is -0.141. The van der Waals surface area contributed by atoms with Crippen LogP contribution in [0.2, 0.25) is 0 Å². The van der Waals surface area contributed by atoms with Crippen LogP contribution in [0.15, 0.2) is 36.4 Å². The Kier molecular flexibility index (Phi) is 7.88. The predicted octanol–water partition coefficient (Wildman–Crippen LogP) is 2.92. The summed E-state index contributed by atoms with van der Waals surface area (Å²) in [5.74, 6) is -0.784. The molecule has 9 heteroatoms. The Labute approximate surface area is 198 Å². The molecule has 2 aromatic carbocycles. The van der Waals surface area contributed by atoms with Crippen molar-refractivity contribution in [2.24, 2.45) is 0 Å². The van der Waals surface area contributed by atoms with Crippen LogP contribution < -0.4 is 9.47 Å². The van der Waals surface area contributed by atoms with Crippen LogP contribution in [-0.2, 0) is 16.1 Å². The standard InChI is InChI=1S/C25H28N2O7/c1-5-6-9-27-24(30)20-8-7-17(12-21(20)25(27)31)23(29)26(15-22(28)34-4)14-16-10-18(32-2)13-19(11-16)33-3/h7-8,10-13H,5-6,9,14-15H2,1-4H3. The van der Waals surface area contributed by atoms with Crippen LogP contribution >= 0.6 is 0 Å². The molecule has 2 aromatic rings. The highest BCUT2D eigenvalue weighted by atomic mass is 16.5. The smallest absolute Gasteiger partial charge is 0.325 e. The summed E-state index contributed by atoms with van der Waals surface area (Å²) >= 11 is 0. The summed E-state index contributed by atoms with van der Waals surface area (Å²) < 4.78 is 15.3. The van der Waals surface area contributed by atoms with E-state index in [0.717, 1.165) is 6.42 Å². The van der Waals surface area contributed by atoms with Crippen molar-refractivity contribution in [1.29, 1.82) is 0 Å². The predicted molar refractivity (Wildman–Crippen MR) is 123 cm³/mol. The number of hydrogen-bond donors (Lipinski definition) is 0. The summed E-state index contributed by atoms with van der Waals surface area (Å²) in [6.07, 6.45) is 1.54. The number of fused-ring (bicyclic) bond motifs is 1. The number of hydrogen-bond acceptors (Lipinski definition) is 7. The van der Waals surface area contributed by atoms with Crippen molar-refractivity contribution in [3.8, 4) is 11.5 Å². The first-order valence-corrected chi connectivity index (χ1v) is 10.9. The van der Waals surface area contributed by atoms with Gasteiger partial charge in [0.25, 0.3) is 17.7 Å². The van der Waals surface area contributed by atoms with Crippen molar-refractivity contribution >= 4 is 23.7 Å². The molecule has 3 rings (SSSR count). The quantitative estimate of drug-likeness (QED) is 0.390. The Morgan fingerprint density at radius 3 is 2.15 bits per heavy atom. The second-order valence-corrected chi connectivity index (χ2v) is 7.83. The Hall–Kier alpha value is -3.88. The summed E-state index contributed by atoms with van der Waals surface area (Å²) in [4.78, 5) is 53.3. The van der Waals surface area contributed by atoms with Gasteiger partial charge in [0.05, 0.1) is 32.5 Å². The number of carbonyl (C=O) groups is 4. The zero-order valence-corrected chi connectivity index (χ0v) is 19.8. The minimum absolute atomic E-state index is 0.0636. The van der Waals surface area contributed by atoms with Crippen molar-refractivity contribution in [3.63, 3.8) is 0 Å². The van der Waals surface area contributed by atoms with Gasteiger partial charge >= 0.3 is 5.97 Å². The van der Waals surface area contributed by atoms with Crippen LogP contribution in [0.4, 0.5) is 0 Å². The average molecular weight is 469 g/mol. The molecule has 0 saturated carbocycles. The maximum Gasteiger partial charge on any atom is 0.325 e. The van der Waals surface area contributed by atoms with Crippen LogP contribution in [0.25, 0.3) is 0 Å². The Morgan fingerprint density at radius 2 is 1.56 bits per heavy atom. The fourth-order valence-electron chi connectivity index (χ4n) is 3.72. The van der Waals surface area contributed by atoms with Crippen molar-refractivity contribution in [1.82, 2.24) is 9.80 Å². The molecular formula is C25H28N2O7. The van der Waals surface area contributed by atoms with Gasteiger partial charge in [0.15, 0.2) is 0 Å². The van der Waals surface area contributed by atoms with Crippen LogP contribution in [0.5, 0.6) is 11.5 Å². The number of imide groups is 1. The highest BCUT2D eigenvalue weighted by Crippen LogP contribution is 2.27. The number of carbonyl (C=O) groups excluding carboxylic acids is 4. The first-order chi connectivity index (χ1) is 16.3. The van der Waals surface area contributed by atoms with Gasteiger partial charge in [-0.2, -0.15) is 0 Å². The Bertz CT molecular complexity index is 1090. The van der Waals surface area contributed by atoms with E-state index in [0.29, 0.717) is 30.0 Å². The van der Waals surface area contributed by atoms with E-state index >= 15 is 0 Å². The molecule has 0 unspecified atom stereocenters. The first kappa shape index (κ1) is 24.8. The van der Waals surface area contributed by atoms with Crippen LogP contribution in [0.1, 0.15) is 56.4 Å². The molecule has 0 N–H and O–H groups in total. The van der Waals surface area contributed by atoms with E-state index in [1.54, 1.807) is 18.2 Å². The number of benzene rings is 2. The third-order valence-corrected chi connectivity index (χ3v) is 5.57. The number of nitrogens with zero attached hydrogens (tertiary/aromatic N) is 2. The van der Waals surface area contributed by atoms with Crippen molar-refractivity contribution in [3.05, 3.63) is 58.7 Å². The molecule has 0 aromatic heterocycles. The van der Waals surface area contributed by atoms with E-state index in [1.165, 1.54) is 49.3 Å². The Morgan fingerprint density at radius 1 is 0.912 bits per heavy atom. The first-order valence-electron chi connectivity index (χ1n) is 10.9. The van der Waals surface area contributed by atoms with Gasteiger partial charge in [0.1, 0.15) is 18.0 Å². The molecule has 0 atom stereocenters. The number of ether oxygens (including phenoxy) is 3. The van der Waals surface area contributed by atoms with Gasteiger partial charge < -0.3 is 19.1 Å². The van der Waals surface area contributed by atoms with Gasteiger partial charge in [-0.25, -0.2) is 0 Å². The van der Waals surface area contributed by atoms with Gasteiger partial charge in [0.2, 0.25) is 0 Å². The molecule has 0 fully saturated rings. The van der Waals surface area contributed by atoms with Crippen molar-refractivity contribution < 1.29 is 33.4 Å². The van der Waals surface area contributed by atoms with E-state index in [1.807, 2.05) is 6.92 Å². The largest absolute Gasteiger partial charge is 0.497 e. The molecule has 1 aliphatic rings. The lowest BCUT2D eigenvalue weighted by Gasteiger charge is -2.22. The number of amides is 3. The number of unbranched alkanes of at least 4 members (excludes halogenated alkanes) is 1. The maximum atomic E-state index is 13.4. The molecular weight excluding hydrogens is 440 g/mol. The molecule has 180 valence electrons. The molecule has 0 saturated heterocycles. The highest BCUT2D eigenvalue weighted by molar-refractivity contribution is 6.22. The maximum absolute atomic E-state index is 13.4. The van der Waals surface area contributed by atoms with Crippen LogP contribution in [0.3, 0.4) is 0 Å². The number of methoxy groups -OCH3 is 3. The molecule has 0 aliphatic carbocycles. The SMILES string of the molecule is CCCCN1C(=O)c2ccc(C(=O)N(CC(=O)OC)Cc3cc(OC)cc(OC)c3)cc2C1=O.